The molecule has 1 N–H and O–H groups in total. The Labute approximate surface area is 219 Å². The van der Waals surface area contributed by atoms with Gasteiger partial charge in [-0.2, -0.15) is 0 Å². The number of hydrogen-bond donors (Lipinski definition) is 1. The quantitative estimate of drug-likeness (QED) is 0.325. The summed E-state index contributed by atoms with van der Waals surface area (Å²) in [6.45, 7) is -0.0792. The first kappa shape index (κ1) is 24.9. The van der Waals surface area contributed by atoms with Gasteiger partial charge in [0.2, 0.25) is 5.72 Å². The van der Waals surface area contributed by atoms with Gasteiger partial charge < -0.3 is 19.3 Å². The highest BCUT2D eigenvalue weighted by atomic mass is 16.6. The third-order valence-corrected chi connectivity index (χ3v) is 6.04. The van der Waals surface area contributed by atoms with Crippen molar-refractivity contribution < 1.29 is 28.9 Å². The van der Waals surface area contributed by atoms with Crippen molar-refractivity contribution in [2.45, 2.75) is 18.4 Å². The van der Waals surface area contributed by atoms with E-state index >= 15 is 0 Å². The molecule has 0 saturated heterocycles. The summed E-state index contributed by atoms with van der Waals surface area (Å²) < 4.78 is 18.1. The average Bonchev–Trinajstić information content (AvgIpc) is 3.33. The number of carbonyl (C=O) groups excluding carboxylic acids is 1. The van der Waals surface area contributed by atoms with Crippen LogP contribution in [0.5, 0.6) is 5.75 Å². The number of ether oxygens (including phenoxy) is 3. The zero-order valence-electron chi connectivity index (χ0n) is 20.4. The summed E-state index contributed by atoms with van der Waals surface area (Å²) in [4.78, 5) is 29.9. The van der Waals surface area contributed by atoms with Gasteiger partial charge in [-0.05, 0) is 35.4 Å². The molecular formula is C31H25NO6. The lowest BCUT2D eigenvalue weighted by Crippen LogP contribution is -2.38. The third kappa shape index (κ3) is 5.63. The molecule has 2 atom stereocenters. The lowest BCUT2D eigenvalue weighted by atomic mass is 10.1. The lowest BCUT2D eigenvalue weighted by Gasteiger charge is -2.29. The van der Waals surface area contributed by atoms with Crippen molar-refractivity contribution in [1.82, 2.24) is 0 Å². The van der Waals surface area contributed by atoms with E-state index in [9.17, 15) is 14.7 Å². The predicted octanol–water partition coefficient (Wildman–Crippen LogP) is 4.08. The minimum atomic E-state index is -1.42. The first-order chi connectivity index (χ1) is 18.5. The molecule has 0 saturated carbocycles. The Balaban J connectivity index is 1.47. The van der Waals surface area contributed by atoms with E-state index in [0.29, 0.717) is 10.9 Å². The minimum Gasteiger partial charge on any atom is -0.487 e. The molecule has 4 aromatic rings. The van der Waals surface area contributed by atoms with E-state index in [-0.39, 0.29) is 24.5 Å². The van der Waals surface area contributed by atoms with Crippen molar-refractivity contribution in [3.63, 3.8) is 0 Å². The molecule has 0 aromatic heterocycles. The molecule has 1 aliphatic rings. The van der Waals surface area contributed by atoms with Crippen LogP contribution in [0.25, 0.3) is 6.08 Å². The van der Waals surface area contributed by atoms with Crippen molar-refractivity contribution in [2.24, 2.45) is 4.99 Å². The van der Waals surface area contributed by atoms with Crippen LogP contribution in [0, 0.1) is 0 Å². The summed E-state index contributed by atoms with van der Waals surface area (Å²) in [6.07, 6.45) is 0.666. The maximum atomic E-state index is 13.4. The number of carboxylic acids is 1. The van der Waals surface area contributed by atoms with E-state index in [1.807, 2.05) is 72.8 Å². The molecule has 0 spiro atoms. The molecule has 1 aliphatic heterocycles. The number of carboxylic acid groups (broad SMARTS) is 1. The van der Waals surface area contributed by atoms with Crippen LogP contribution in [0.4, 0.5) is 0 Å². The summed E-state index contributed by atoms with van der Waals surface area (Å²) in [5, 5.41) is 11.1. The normalized spacial score (nSPS) is 16.4. The Morgan fingerprint density at radius 2 is 1.47 bits per heavy atom. The van der Waals surface area contributed by atoms with Gasteiger partial charge in [0.25, 0.3) is 0 Å². The molecule has 0 radical (unpaired) electrons. The van der Waals surface area contributed by atoms with Crippen LogP contribution in [-0.4, -0.2) is 29.4 Å². The van der Waals surface area contributed by atoms with Crippen molar-refractivity contribution >= 4 is 18.0 Å². The highest BCUT2D eigenvalue weighted by Gasteiger charge is 2.39. The number of para-hydroxylation sites is 2. The molecule has 2 unspecified atom stereocenters. The fraction of sp³-hybridized carbons (Fsp3) is 0.129. The lowest BCUT2D eigenvalue weighted by molar-refractivity contribution is -0.169. The number of fused-ring (bicyclic) bond motifs is 1. The number of benzene rings is 4. The van der Waals surface area contributed by atoms with E-state index in [1.165, 1.54) is 6.07 Å². The molecule has 190 valence electrons. The number of esters is 1. The zero-order chi connectivity index (χ0) is 26.4. The van der Waals surface area contributed by atoms with Gasteiger partial charge in [-0.15, -0.1) is 0 Å². The molecule has 38 heavy (non-hydrogen) atoms. The SMILES string of the molecule is O=C(O)c1ccccc1OCC1(OC(C(=O)OCc2ccccc2)c2ccccc2)C=c2ccccc2=N1. The maximum Gasteiger partial charge on any atom is 0.340 e. The van der Waals surface area contributed by atoms with Gasteiger partial charge in [-0.1, -0.05) is 91.0 Å². The Bertz CT molecular complexity index is 1520. The Morgan fingerprint density at radius 1 is 0.816 bits per heavy atom. The van der Waals surface area contributed by atoms with Gasteiger partial charge in [0.05, 0.1) is 5.36 Å². The fourth-order valence-electron chi connectivity index (χ4n) is 4.20. The number of aromatic carboxylic acids is 1. The second-order valence-electron chi connectivity index (χ2n) is 8.75. The number of nitrogens with zero attached hydrogens (tertiary/aromatic N) is 1. The highest BCUT2D eigenvalue weighted by Crippen LogP contribution is 2.31. The molecule has 1 heterocycles. The number of rotatable bonds is 10. The molecule has 7 nitrogen and oxygen atoms in total. The Hall–Kier alpha value is -4.75. The Morgan fingerprint density at radius 3 is 2.21 bits per heavy atom. The second kappa shape index (κ2) is 11.1. The van der Waals surface area contributed by atoms with E-state index in [1.54, 1.807) is 36.4 Å². The molecule has 7 heteroatoms. The minimum absolute atomic E-state index is 0.0139. The first-order valence-corrected chi connectivity index (χ1v) is 12.1. The smallest absolute Gasteiger partial charge is 0.340 e. The maximum absolute atomic E-state index is 13.4. The van der Waals surface area contributed by atoms with Crippen LogP contribution in [0.2, 0.25) is 0 Å². The zero-order valence-corrected chi connectivity index (χ0v) is 20.4. The van der Waals surface area contributed by atoms with Gasteiger partial charge in [0, 0.05) is 5.22 Å². The third-order valence-electron chi connectivity index (χ3n) is 6.04. The molecule has 0 fully saturated rings. The van der Waals surface area contributed by atoms with Crippen molar-refractivity contribution in [3.05, 3.63) is 136 Å². The summed E-state index contributed by atoms with van der Waals surface area (Å²) in [5.74, 6) is -1.52. The van der Waals surface area contributed by atoms with Crippen LogP contribution in [-0.2, 0) is 20.9 Å². The second-order valence-corrected chi connectivity index (χ2v) is 8.75. The van der Waals surface area contributed by atoms with E-state index in [0.717, 1.165) is 10.8 Å². The average molecular weight is 508 g/mol. The van der Waals surface area contributed by atoms with E-state index < -0.39 is 23.8 Å². The summed E-state index contributed by atoms with van der Waals surface area (Å²) in [5.41, 5.74) is 0.0395. The predicted molar refractivity (Wildman–Crippen MR) is 140 cm³/mol. The summed E-state index contributed by atoms with van der Waals surface area (Å²) in [7, 11) is 0. The van der Waals surface area contributed by atoms with Gasteiger partial charge in [0.15, 0.2) is 6.10 Å². The van der Waals surface area contributed by atoms with Crippen molar-refractivity contribution in [3.8, 4) is 5.75 Å². The summed E-state index contributed by atoms with van der Waals surface area (Å²) >= 11 is 0. The number of carbonyl (C=O) groups is 2. The van der Waals surface area contributed by atoms with Crippen molar-refractivity contribution in [1.29, 1.82) is 0 Å². The van der Waals surface area contributed by atoms with Gasteiger partial charge in [-0.25, -0.2) is 14.6 Å². The largest absolute Gasteiger partial charge is 0.487 e. The topological polar surface area (TPSA) is 94.4 Å². The van der Waals surface area contributed by atoms with Crippen molar-refractivity contribution in [2.75, 3.05) is 6.61 Å². The standard InChI is InChI=1S/C31H25NO6/c33-29(34)25-16-8-10-18-27(25)37-21-31(19-24-15-7-9-17-26(24)32-31)38-28(23-13-5-2-6-14-23)30(35)36-20-22-11-3-1-4-12-22/h1-19,28H,20-21H2,(H,33,34). The van der Waals surface area contributed by atoms with Gasteiger partial charge in [-0.3, -0.25) is 0 Å². The van der Waals surface area contributed by atoms with E-state index in [4.69, 9.17) is 19.2 Å². The molecular weight excluding hydrogens is 482 g/mol. The van der Waals surface area contributed by atoms with Crippen LogP contribution in [0.1, 0.15) is 27.6 Å². The Kier molecular flexibility index (Phi) is 7.28. The van der Waals surface area contributed by atoms with Crippen LogP contribution >= 0.6 is 0 Å². The van der Waals surface area contributed by atoms with Crippen LogP contribution in [0.15, 0.2) is 114 Å². The molecule has 0 bridgehead atoms. The summed E-state index contributed by atoms with van der Waals surface area (Å²) in [6, 6.07) is 32.2. The molecule has 5 rings (SSSR count). The van der Waals surface area contributed by atoms with Gasteiger partial charge >= 0.3 is 11.9 Å². The van der Waals surface area contributed by atoms with Gasteiger partial charge in [0.1, 0.15) is 24.5 Å². The monoisotopic (exact) mass is 507 g/mol. The fourth-order valence-corrected chi connectivity index (χ4v) is 4.20. The molecule has 0 aliphatic carbocycles. The van der Waals surface area contributed by atoms with E-state index in [2.05, 4.69) is 0 Å². The number of hydrogen-bond acceptors (Lipinski definition) is 6. The first-order valence-electron chi connectivity index (χ1n) is 12.1. The van der Waals surface area contributed by atoms with Crippen LogP contribution < -0.4 is 15.3 Å². The highest BCUT2D eigenvalue weighted by molar-refractivity contribution is 5.90. The molecule has 4 aromatic carbocycles. The molecule has 0 amide bonds. The van der Waals surface area contributed by atoms with Crippen LogP contribution in [0.3, 0.4) is 0 Å².